The molecular weight excluding hydrogens is 781 g/mol. The predicted molar refractivity (Wildman–Crippen MR) is 244 cm³/mol. The lowest BCUT2D eigenvalue weighted by molar-refractivity contribution is -0.147. The molecule has 0 fully saturated rings. The van der Waals surface area contributed by atoms with Gasteiger partial charge in [0.1, 0.15) is 12.7 Å². The molecule has 4 N–H and O–H groups in total. The van der Waals surface area contributed by atoms with Gasteiger partial charge in [-0.05, 0) is 83.5 Å². The molecule has 0 aliphatic rings. The molecule has 344 valence electrons. The maximum atomic E-state index is 12.3. The number of carbonyl (C=O) groups excluding carboxylic acids is 2. The average molecular weight is 864 g/mol. The number of unbranched alkanes of at least 4 members (excludes halogenated alkanes) is 16. The van der Waals surface area contributed by atoms with Crippen LogP contribution >= 0.6 is 7.82 Å². The summed E-state index contributed by atoms with van der Waals surface area (Å²) in [5.41, 5.74) is 0. The Morgan fingerprint density at radius 2 is 0.967 bits per heavy atom. The molecule has 11 nitrogen and oxygen atoms in total. The van der Waals surface area contributed by atoms with Crippen LogP contribution in [0.1, 0.15) is 181 Å². The molecule has 0 aromatic rings. The number of hydrogen-bond acceptors (Lipinski definition) is 8. The van der Waals surface area contributed by atoms with Crippen molar-refractivity contribution in [2.24, 2.45) is 0 Å². The lowest BCUT2D eigenvalue weighted by Gasteiger charge is -2.18. The van der Waals surface area contributed by atoms with Crippen LogP contribution in [0.4, 0.5) is 0 Å². The van der Waals surface area contributed by atoms with Crippen LogP contribution < -0.4 is 5.32 Å². The number of phosphoric ester groups is 1. The van der Waals surface area contributed by atoms with Crippen molar-refractivity contribution in [2.45, 2.75) is 193 Å². The Hall–Kier alpha value is -3.08. The maximum absolute atomic E-state index is 12.3. The van der Waals surface area contributed by atoms with Gasteiger partial charge in [0.05, 0.1) is 13.2 Å². The van der Waals surface area contributed by atoms with E-state index >= 15 is 0 Å². The number of carboxylic acids is 1. The van der Waals surface area contributed by atoms with Crippen molar-refractivity contribution in [3.05, 3.63) is 72.9 Å². The number of rotatable bonds is 42. The van der Waals surface area contributed by atoms with Gasteiger partial charge in [0.25, 0.3) is 0 Å². The molecule has 0 spiro atoms. The molecule has 3 atom stereocenters. The molecule has 0 saturated carbocycles. The summed E-state index contributed by atoms with van der Waals surface area (Å²) in [5, 5.41) is 21.9. The number of allylic oxidation sites excluding steroid dienone is 12. The highest BCUT2D eigenvalue weighted by Gasteiger charge is 2.28. The summed E-state index contributed by atoms with van der Waals surface area (Å²) in [6, 6.07) is -1.56. The van der Waals surface area contributed by atoms with Gasteiger partial charge in [-0.1, -0.05) is 157 Å². The van der Waals surface area contributed by atoms with Crippen LogP contribution in [-0.4, -0.2) is 64.9 Å². The van der Waals surface area contributed by atoms with E-state index in [1.54, 1.807) is 0 Å². The summed E-state index contributed by atoms with van der Waals surface area (Å²) < 4.78 is 26.8. The van der Waals surface area contributed by atoms with Gasteiger partial charge in [0, 0.05) is 12.8 Å². The van der Waals surface area contributed by atoms with Crippen molar-refractivity contribution >= 4 is 25.7 Å². The van der Waals surface area contributed by atoms with Gasteiger partial charge in [0.15, 0.2) is 6.04 Å². The van der Waals surface area contributed by atoms with E-state index in [-0.39, 0.29) is 12.8 Å². The summed E-state index contributed by atoms with van der Waals surface area (Å²) in [4.78, 5) is 46.0. The topological polar surface area (TPSA) is 169 Å². The number of aliphatic hydroxyl groups excluding tert-OH is 1. The quantitative estimate of drug-likeness (QED) is 0.0201. The van der Waals surface area contributed by atoms with E-state index < -0.39 is 57.6 Å². The molecule has 3 unspecified atom stereocenters. The van der Waals surface area contributed by atoms with Gasteiger partial charge < -0.3 is 25.2 Å². The van der Waals surface area contributed by atoms with Gasteiger partial charge in [-0.2, -0.15) is 0 Å². The van der Waals surface area contributed by atoms with E-state index in [0.717, 1.165) is 96.3 Å². The Kier molecular flexibility index (Phi) is 40.4. The third-order valence-corrected chi connectivity index (χ3v) is 10.4. The molecule has 0 saturated heterocycles. The van der Waals surface area contributed by atoms with Crippen LogP contribution in [0.5, 0.6) is 0 Å². The van der Waals surface area contributed by atoms with Crippen LogP contribution in [0.25, 0.3) is 0 Å². The van der Waals surface area contributed by atoms with Gasteiger partial charge in [-0.3, -0.25) is 18.6 Å². The third kappa shape index (κ3) is 41.6. The standard InChI is InChI=1S/C48H82NO10P/c1-3-5-7-9-11-13-15-17-19-20-21-22-23-24-26-27-29-31-33-35-37-39-46(51)49-45(48(53)54)43-59-60(55,56)58-42-44(50)41-57-47(52)40-38-36-34-32-30-28-25-18-16-14-12-10-8-6-4-2/h6,8,11-14,17-19,21-22,25,44-45,50H,3-5,7,9-10,15-16,20,23-24,26-43H2,1-2H3,(H,49,51)(H,53,54)(H,55,56)/b8-6-,13-11-,14-12-,19-17-,22-21-,25-18-. The van der Waals surface area contributed by atoms with Crippen molar-refractivity contribution in [3.63, 3.8) is 0 Å². The number of phosphoric acid groups is 1. The number of hydrogen-bond donors (Lipinski definition) is 4. The van der Waals surface area contributed by atoms with Crippen LogP contribution in [0, 0.1) is 0 Å². The molecule has 0 aromatic heterocycles. The summed E-state index contributed by atoms with van der Waals surface area (Å²) in [7, 11) is -4.77. The average Bonchev–Trinajstić information content (AvgIpc) is 3.22. The highest BCUT2D eigenvalue weighted by molar-refractivity contribution is 7.47. The number of amides is 1. The first-order valence-corrected chi connectivity index (χ1v) is 24.5. The molecule has 0 aliphatic heterocycles. The molecule has 0 rings (SSSR count). The van der Waals surface area contributed by atoms with Crippen molar-refractivity contribution in [1.29, 1.82) is 0 Å². The molecule has 12 heteroatoms. The molecule has 0 aliphatic carbocycles. The zero-order valence-electron chi connectivity index (χ0n) is 37.2. The first-order chi connectivity index (χ1) is 29.1. The van der Waals surface area contributed by atoms with Crippen LogP contribution in [-0.2, 0) is 32.7 Å². The second-order valence-corrected chi connectivity index (χ2v) is 16.7. The summed E-state index contributed by atoms with van der Waals surface area (Å²) in [6.45, 7) is 2.43. The van der Waals surface area contributed by atoms with Crippen LogP contribution in [0.3, 0.4) is 0 Å². The number of nitrogens with one attached hydrogen (secondary N) is 1. The van der Waals surface area contributed by atoms with E-state index in [9.17, 15) is 34.1 Å². The van der Waals surface area contributed by atoms with E-state index in [2.05, 4.69) is 92.1 Å². The lowest BCUT2D eigenvalue weighted by atomic mass is 10.1. The van der Waals surface area contributed by atoms with Crippen molar-refractivity contribution in [1.82, 2.24) is 5.32 Å². The van der Waals surface area contributed by atoms with E-state index in [1.165, 1.54) is 44.9 Å². The fourth-order valence-corrected chi connectivity index (χ4v) is 6.70. The van der Waals surface area contributed by atoms with Gasteiger partial charge in [-0.15, -0.1) is 0 Å². The predicted octanol–water partition coefficient (Wildman–Crippen LogP) is 12.1. The fourth-order valence-electron chi connectivity index (χ4n) is 5.92. The number of aliphatic hydroxyl groups is 1. The first kappa shape index (κ1) is 56.9. The summed E-state index contributed by atoms with van der Waals surface area (Å²) >= 11 is 0. The normalized spacial score (nSPS) is 14.3. The minimum absolute atomic E-state index is 0.132. The SMILES string of the molecule is CC/C=C\C/C=C\C/C=C\CCCCCCCC(=O)OCC(O)COP(=O)(O)OCC(NC(=O)CCCCCCCCCC/C=C\C/C=C\C/C=C\CCCCC)C(=O)O. The second-order valence-electron chi connectivity index (χ2n) is 15.2. The van der Waals surface area contributed by atoms with Crippen molar-refractivity contribution in [3.8, 4) is 0 Å². The maximum Gasteiger partial charge on any atom is 0.472 e. The van der Waals surface area contributed by atoms with Crippen molar-refractivity contribution < 1.29 is 47.8 Å². The minimum atomic E-state index is -4.77. The molecule has 0 radical (unpaired) electrons. The molecule has 0 aromatic carbocycles. The Bertz CT molecular complexity index is 1290. The molecule has 0 bridgehead atoms. The second kappa shape index (κ2) is 42.6. The van der Waals surface area contributed by atoms with Gasteiger partial charge in [-0.25, -0.2) is 9.36 Å². The first-order valence-electron chi connectivity index (χ1n) is 23.0. The number of ether oxygens (including phenoxy) is 1. The van der Waals surface area contributed by atoms with Crippen LogP contribution in [0.15, 0.2) is 72.9 Å². The lowest BCUT2D eigenvalue weighted by Crippen LogP contribution is -2.43. The minimum Gasteiger partial charge on any atom is -0.480 e. The third-order valence-electron chi connectivity index (χ3n) is 9.48. The number of aliphatic carboxylic acids is 1. The van der Waals surface area contributed by atoms with E-state index in [0.29, 0.717) is 12.8 Å². The highest BCUT2D eigenvalue weighted by Crippen LogP contribution is 2.43. The summed E-state index contributed by atoms with van der Waals surface area (Å²) in [6.07, 6.45) is 50.6. The fraction of sp³-hybridized carbons (Fsp3) is 0.688. The zero-order chi connectivity index (χ0) is 44.2. The summed E-state index contributed by atoms with van der Waals surface area (Å²) in [5.74, 6) is -2.41. The van der Waals surface area contributed by atoms with E-state index in [1.807, 2.05) is 0 Å². The highest BCUT2D eigenvalue weighted by atomic mass is 31.2. The van der Waals surface area contributed by atoms with Gasteiger partial charge in [0.2, 0.25) is 5.91 Å². The Morgan fingerprint density at radius 1 is 0.550 bits per heavy atom. The van der Waals surface area contributed by atoms with Crippen LogP contribution in [0.2, 0.25) is 0 Å². The van der Waals surface area contributed by atoms with Crippen molar-refractivity contribution in [2.75, 3.05) is 19.8 Å². The zero-order valence-corrected chi connectivity index (χ0v) is 38.1. The number of carboxylic acid groups (broad SMARTS) is 1. The largest absolute Gasteiger partial charge is 0.480 e. The smallest absolute Gasteiger partial charge is 0.472 e. The monoisotopic (exact) mass is 864 g/mol. The Morgan fingerprint density at radius 3 is 1.45 bits per heavy atom. The molecule has 1 amide bonds. The molecule has 60 heavy (non-hydrogen) atoms. The Balaban J connectivity index is 3.93. The van der Waals surface area contributed by atoms with Gasteiger partial charge >= 0.3 is 19.8 Å². The number of esters is 1. The Labute approximate surface area is 363 Å². The molecule has 0 heterocycles. The van der Waals surface area contributed by atoms with E-state index in [4.69, 9.17) is 13.8 Å². The number of carbonyl (C=O) groups is 3. The molecular formula is C48H82NO10P.